The van der Waals surface area contributed by atoms with E-state index in [0.29, 0.717) is 17.6 Å². The van der Waals surface area contributed by atoms with Crippen LogP contribution >= 0.6 is 0 Å². The van der Waals surface area contributed by atoms with E-state index in [2.05, 4.69) is 0 Å². The Bertz CT molecular complexity index is 165. The van der Waals surface area contributed by atoms with Crippen LogP contribution in [0.4, 0.5) is 0 Å². The largest absolute Gasteiger partial charge is 0.373 e. The molecule has 0 radical (unpaired) electrons. The second-order valence-electron chi connectivity index (χ2n) is 3.33. The SMILES string of the molecule is COC1C(=O)C2CCC1C2. The summed E-state index contributed by atoms with van der Waals surface area (Å²) in [4.78, 5) is 11.3. The first-order valence-corrected chi connectivity index (χ1v) is 3.89. The molecular formula is C8H12O2. The lowest BCUT2D eigenvalue weighted by atomic mass is 9.96. The second kappa shape index (κ2) is 2.06. The minimum Gasteiger partial charge on any atom is -0.373 e. The fraction of sp³-hybridized carbons (Fsp3) is 0.875. The molecule has 2 saturated carbocycles. The molecular weight excluding hydrogens is 128 g/mol. The summed E-state index contributed by atoms with van der Waals surface area (Å²) in [7, 11) is 1.64. The van der Waals surface area contributed by atoms with Crippen molar-refractivity contribution in [3.8, 4) is 0 Å². The first-order chi connectivity index (χ1) is 4.83. The van der Waals surface area contributed by atoms with Crippen molar-refractivity contribution >= 4 is 5.78 Å². The summed E-state index contributed by atoms with van der Waals surface area (Å²) in [6.45, 7) is 0. The van der Waals surface area contributed by atoms with Crippen molar-refractivity contribution in [3.05, 3.63) is 0 Å². The zero-order valence-electron chi connectivity index (χ0n) is 6.17. The highest BCUT2D eigenvalue weighted by Gasteiger charge is 2.46. The number of hydrogen-bond acceptors (Lipinski definition) is 2. The number of carbonyl (C=O) groups is 1. The number of hydrogen-bond donors (Lipinski definition) is 0. The first-order valence-electron chi connectivity index (χ1n) is 3.89. The summed E-state index contributed by atoms with van der Waals surface area (Å²) in [5.74, 6) is 1.27. The van der Waals surface area contributed by atoms with Gasteiger partial charge in [0.15, 0.2) is 5.78 Å². The molecule has 2 aliphatic rings. The molecule has 2 aliphatic carbocycles. The molecule has 0 spiro atoms. The van der Waals surface area contributed by atoms with Crippen molar-refractivity contribution < 1.29 is 9.53 Å². The lowest BCUT2D eigenvalue weighted by Gasteiger charge is -2.17. The van der Waals surface area contributed by atoms with Crippen LogP contribution in [-0.2, 0) is 9.53 Å². The molecule has 2 nitrogen and oxygen atoms in total. The van der Waals surface area contributed by atoms with E-state index in [1.54, 1.807) is 7.11 Å². The molecule has 2 bridgehead atoms. The zero-order valence-corrected chi connectivity index (χ0v) is 6.17. The van der Waals surface area contributed by atoms with E-state index in [4.69, 9.17) is 4.74 Å². The maximum atomic E-state index is 11.3. The summed E-state index contributed by atoms with van der Waals surface area (Å²) in [6, 6.07) is 0. The van der Waals surface area contributed by atoms with E-state index in [1.807, 2.05) is 0 Å². The van der Waals surface area contributed by atoms with E-state index < -0.39 is 0 Å². The van der Waals surface area contributed by atoms with Gasteiger partial charge in [0, 0.05) is 13.0 Å². The van der Waals surface area contributed by atoms with Gasteiger partial charge >= 0.3 is 0 Å². The third-order valence-corrected chi connectivity index (χ3v) is 2.84. The van der Waals surface area contributed by atoms with E-state index in [0.717, 1.165) is 12.8 Å². The Morgan fingerprint density at radius 1 is 1.50 bits per heavy atom. The van der Waals surface area contributed by atoms with Gasteiger partial charge in [-0.05, 0) is 25.2 Å². The lowest BCUT2D eigenvalue weighted by Crippen LogP contribution is -2.29. The monoisotopic (exact) mass is 140 g/mol. The van der Waals surface area contributed by atoms with Crippen LogP contribution in [-0.4, -0.2) is 19.0 Å². The minimum atomic E-state index is -0.0428. The molecule has 3 unspecified atom stereocenters. The second-order valence-corrected chi connectivity index (χ2v) is 3.33. The standard InChI is InChI=1S/C8H12O2/c1-10-8-6-3-2-5(4-6)7(8)9/h5-6,8H,2-4H2,1H3. The fourth-order valence-electron chi connectivity index (χ4n) is 2.32. The van der Waals surface area contributed by atoms with Gasteiger partial charge in [0.25, 0.3) is 0 Å². The molecule has 56 valence electrons. The predicted octanol–water partition coefficient (Wildman–Crippen LogP) is 1.00. The van der Waals surface area contributed by atoms with Crippen LogP contribution < -0.4 is 0 Å². The number of fused-ring (bicyclic) bond motifs is 2. The summed E-state index contributed by atoms with van der Waals surface area (Å²) in [5.41, 5.74) is 0. The molecule has 3 atom stereocenters. The van der Waals surface area contributed by atoms with Crippen molar-refractivity contribution in [1.82, 2.24) is 0 Å². The van der Waals surface area contributed by atoms with Gasteiger partial charge in [-0.1, -0.05) is 0 Å². The van der Waals surface area contributed by atoms with Crippen LogP contribution in [0.15, 0.2) is 0 Å². The summed E-state index contributed by atoms with van der Waals surface area (Å²) in [6.07, 6.45) is 3.37. The first kappa shape index (κ1) is 6.35. The quantitative estimate of drug-likeness (QED) is 0.543. The molecule has 2 fully saturated rings. The highest BCUT2D eigenvalue weighted by Crippen LogP contribution is 2.43. The molecule has 0 N–H and O–H groups in total. The molecule has 0 saturated heterocycles. The number of Topliss-reactive ketones (excluding diaryl/α,β-unsaturated/α-hetero) is 1. The molecule has 2 rings (SSSR count). The van der Waals surface area contributed by atoms with E-state index in [-0.39, 0.29) is 6.10 Å². The molecule has 0 amide bonds. The lowest BCUT2D eigenvalue weighted by molar-refractivity contribution is -0.132. The Labute approximate surface area is 60.6 Å². The van der Waals surface area contributed by atoms with Gasteiger partial charge in [-0.2, -0.15) is 0 Å². The van der Waals surface area contributed by atoms with Gasteiger partial charge in [0.05, 0.1) is 0 Å². The maximum absolute atomic E-state index is 11.3. The topological polar surface area (TPSA) is 26.3 Å². The third-order valence-electron chi connectivity index (χ3n) is 2.84. The summed E-state index contributed by atoms with van der Waals surface area (Å²) in [5, 5.41) is 0. The Morgan fingerprint density at radius 2 is 2.30 bits per heavy atom. The van der Waals surface area contributed by atoms with Crippen molar-refractivity contribution in [1.29, 1.82) is 0 Å². The van der Waals surface area contributed by atoms with Crippen LogP contribution in [0, 0.1) is 11.8 Å². The number of ketones is 1. The zero-order chi connectivity index (χ0) is 7.14. The van der Waals surface area contributed by atoms with Gasteiger partial charge in [0.2, 0.25) is 0 Å². The summed E-state index contributed by atoms with van der Waals surface area (Å²) >= 11 is 0. The number of ether oxygens (including phenoxy) is 1. The highest BCUT2D eigenvalue weighted by molar-refractivity contribution is 5.88. The molecule has 0 aliphatic heterocycles. The number of carbonyl (C=O) groups excluding carboxylic acids is 1. The van der Waals surface area contributed by atoms with E-state index in [1.165, 1.54) is 6.42 Å². The van der Waals surface area contributed by atoms with E-state index >= 15 is 0 Å². The van der Waals surface area contributed by atoms with Gasteiger partial charge < -0.3 is 4.74 Å². The van der Waals surface area contributed by atoms with Crippen LogP contribution in [0.5, 0.6) is 0 Å². The Kier molecular flexibility index (Phi) is 1.31. The van der Waals surface area contributed by atoms with Crippen LogP contribution in [0.2, 0.25) is 0 Å². The maximum Gasteiger partial charge on any atom is 0.164 e. The fourth-order valence-corrected chi connectivity index (χ4v) is 2.32. The molecule has 0 aromatic heterocycles. The molecule has 0 heterocycles. The molecule has 10 heavy (non-hydrogen) atoms. The Hall–Kier alpha value is -0.370. The van der Waals surface area contributed by atoms with Crippen molar-refractivity contribution in [2.45, 2.75) is 25.4 Å². The summed E-state index contributed by atoms with van der Waals surface area (Å²) < 4.78 is 5.11. The smallest absolute Gasteiger partial charge is 0.164 e. The van der Waals surface area contributed by atoms with Gasteiger partial charge in [-0.3, -0.25) is 4.79 Å². The van der Waals surface area contributed by atoms with Gasteiger partial charge in [0.1, 0.15) is 6.10 Å². The average molecular weight is 140 g/mol. The minimum absolute atomic E-state index is 0.0428. The molecule has 2 heteroatoms. The van der Waals surface area contributed by atoms with Crippen molar-refractivity contribution in [3.63, 3.8) is 0 Å². The normalized spacial score (nSPS) is 44.9. The van der Waals surface area contributed by atoms with Gasteiger partial charge in [-0.25, -0.2) is 0 Å². The molecule has 0 aromatic carbocycles. The average Bonchev–Trinajstić information content (AvgIpc) is 2.46. The molecule has 0 aromatic rings. The Balaban J connectivity index is 2.17. The Morgan fingerprint density at radius 3 is 2.70 bits per heavy atom. The van der Waals surface area contributed by atoms with Gasteiger partial charge in [-0.15, -0.1) is 0 Å². The third kappa shape index (κ3) is 0.655. The van der Waals surface area contributed by atoms with Crippen molar-refractivity contribution in [2.75, 3.05) is 7.11 Å². The highest BCUT2D eigenvalue weighted by atomic mass is 16.5. The van der Waals surface area contributed by atoms with Crippen LogP contribution in [0.1, 0.15) is 19.3 Å². The number of methoxy groups -OCH3 is 1. The van der Waals surface area contributed by atoms with Crippen molar-refractivity contribution in [2.24, 2.45) is 11.8 Å². The van der Waals surface area contributed by atoms with Crippen LogP contribution in [0.25, 0.3) is 0 Å². The van der Waals surface area contributed by atoms with E-state index in [9.17, 15) is 4.79 Å². The predicted molar refractivity (Wildman–Crippen MR) is 36.6 cm³/mol. The number of rotatable bonds is 1. The van der Waals surface area contributed by atoms with Crippen LogP contribution in [0.3, 0.4) is 0 Å².